The van der Waals surface area contributed by atoms with Gasteiger partial charge in [-0.05, 0) is 24.6 Å². The average molecular weight is 361 g/mol. The number of hydrogen-bond acceptors (Lipinski definition) is 7. The summed E-state index contributed by atoms with van der Waals surface area (Å²) in [6, 6.07) is 9.42. The SMILES string of the molecule is COc1cc([N+](=O)[O-])c(OC)cc1CCNCc1ccccc1[N+](=O)[O-]. The number of benzene rings is 2. The lowest BCUT2D eigenvalue weighted by molar-refractivity contribution is -0.385. The highest BCUT2D eigenvalue weighted by Crippen LogP contribution is 2.34. The van der Waals surface area contributed by atoms with Crippen LogP contribution in [0.4, 0.5) is 11.4 Å². The summed E-state index contributed by atoms with van der Waals surface area (Å²) in [6.07, 6.45) is 0.512. The lowest BCUT2D eigenvalue weighted by Gasteiger charge is -2.12. The Morgan fingerprint density at radius 3 is 2.19 bits per heavy atom. The van der Waals surface area contributed by atoms with Gasteiger partial charge in [-0.25, -0.2) is 0 Å². The van der Waals surface area contributed by atoms with Crippen LogP contribution >= 0.6 is 0 Å². The summed E-state index contributed by atoms with van der Waals surface area (Å²) < 4.78 is 10.3. The quantitative estimate of drug-likeness (QED) is 0.414. The molecular weight excluding hydrogens is 342 g/mol. The molecule has 0 amide bonds. The predicted octanol–water partition coefficient (Wildman–Crippen LogP) is 2.85. The van der Waals surface area contributed by atoms with Crippen LogP contribution in [0.1, 0.15) is 11.1 Å². The number of para-hydroxylation sites is 1. The highest BCUT2D eigenvalue weighted by atomic mass is 16.6. The fraction of sp³-hybridized carbons (Fsp3) is 0.294. The van der Waals surface area contributed by atoms with E-state index in [-0.39, 0.29) is 17.1 Å². The molecule has 0 aliphatic carbocycles. The van der Waals surface area contributed by atoms with Gasteiger partial charge in [0.1, 0.15) is 5.75 Å². The summed E-state index contributed by atoms with van der Waals surface area (Å²) in [5.41, 5.74) is 1.23. The Balaban J connectivity index is 2.06. The van der Waals surface area contributed by atoms with Crippen molar-refractivity contribution in [3.8, 4) is 11.5 Å². The zero-order chi connectivity index (χ0) is 19.1. The molecule has 0 aliphatic rings. The molecule has 2 aromatic rings. The molecule has 9 nitrogen and oxygen atoms in total. The lowest BCUT2D eigenvalue weighted by atomic mass is 10.1. The number of nitro groups is 2. The molecule has 0 saturated heterocycles. The summed E-state index contributed by atoms with van der Waals surface area (Å²) in [5, 5.41) is 25.2. The van der Waals surface area contributed by atoms with Crippen LogP contribution in [0.3, 0.4) is 0 Å². The minimum Gasteiger partial charge on any atom is -0.496 e. The number of nitrogens with one attached hydrogen (secondary N) is 1. The maximum atomic E-state index is 11.1. The van der Waals surface area contributed by atoms with Crippen LogP contribution in [0.5, 0.6) is 11.5 Å². The van der Waals surface area contributed by atoms with Crippen molar-refractivity contribution in [2.75, 3.05) is 20.8 Å². The minimum absolute atomic E-state index is 0.0644. The summed E-state index contributed by atoms with van der Waals surface area (Å²) in [5.74, 6) is 0.550. The largest absolute Gasteiger partial charge is 0.496 e. The zero-order valence-electron chi connectivity index (χ0n) is 14.4. The van der Waals surface area contributed by atoms with Gasteiger partial charge < -0.3 is 14.8 Å². The van der Waals surface area contributed by atoms with Gasteiger partial charge in [0.05, 0.1) is 30.1 Å². The molecule has 0 radical (unpaired) electrons. The van der Waals surface area contributed by atoms with Crippen molar-refractivity contribution < 1.29 is 19.3 Å². The Hall–Kier alpha value is -3.20. The molecule has 2 rings (SSSR count). The van der Waals surface area contributed by atoms with E-state index in [1.807, 2.05) is 0 Å². The molecule has 0 fully saturated rings. The molecular formula is C17H19N3O6. The van der Waals surface area contributed by atoms with Crippen LogP contribution in [0.2, 0.25) is 0 Å². The Morgan fingerprint density at radius 2 is 1.58 bits per heavy atom. The summed E-state index contributed by atoms with van der Waals surface area (Å²) >= 11 is 0. The summed E-state index contributed by atoms with van der Waals surface area (Å²) in [6.45, 7) is 0.840. The maximum absolute atomic E-state index is 11.1. The van der Waals surface area contributed by atoms with Gasteiger partial charge in [0.25, 0.3) is 5.69 Å². The first kappa shape index (κ1) is 19.1. The van der Waals surface area contributed by atoms with Gasteiger partial charge in [0.15, 0.2) is 5.75 Å². The second kappa shape index (κ2) is 8.77. The normalized spacial score (nSPS) is 10.4. The predicted molar refractivity (Wildman–Crippen MR) is 94.7 cm³/mol. The Bertz CT molecular complexity index is 809. The molecule has 2 aromatic carbocycles. The minimum atomic E-state index is -0.530. The van der Waals surface area contributed by atoms with Crippen molar-refractivity contribution in [1.82, 2.24) is 5.32 Å². The van der Waals surface area contributed by atoms with Crippen molar-refractivity contribution >= 4 is 11.4 Å². The van der Waals surface area contributed by atoms with Crippen molar-refractivity contribution in [3.05, 3.63) is 67.8 Å². The van der Waals surface area contributed by atoms with E-state index in [4.69, 9.17) is 9.47 Å². The standard InChI is InChI=1S/C17H19N3O6/c1-25-16-10-15(20(23)24)17(26-2)9-12(16)7-8-18-11-13-5-3-4-6-14(13)19(21)22/h3-6,9-10,18H,7-8,11H2,1-2H3. The number of rotatable bonds is 9. The smallest absolute Gasteiger partial charge is 0.314 e. The zero-order valence-corrected chi connectivity index (χ0v) is 14.4. The molecule has 1 N–H and O–H groups in total. The Kier molecular flexibility index (Phi) is 6.45. The lowest BCUT2D eigenvalue weighted by Crippen LogP contribution is -2.17. The number of nitrogens with zero attached hydrogens (tertiary/aromatic N) is 2. The number of hydrogen-bond donors (Lipinski definition) is 1. The first-order chi connectivity index (χ1) is 12.5. The molecule has 0 bridgehead atoms. The van der Waals surface area contributed by atoms with Gasteiger partial charge in [0.2, 0.25) is 0 Å². The van der Waals surface area contributed by atoms with Gasteiger partial charge in [-0.3, -0.25) is 20.2 Å². The van der Waals surface area contributed by atoms with E-state index in [2.05, 4.69) is 5.32 Å². The van der Waals surface area contributed by atoms with Gasteiger partial charge in [0, 0.05) is 18.2 Å². The second-order valence-corrected chi connectivity index (χ2v) is 5.41. The third-order valence-corrected chi connectivity index (χ3v) is 3.85. The molecule has 9 heteroatoms. The van der Waals surface area contributed by atoms with Crippen LogP contribution in [0, 0.1) is 20.2 Å². The van der Waals surface area contributed by atoms with Gasteiger partial charge in [-0.15, -0.1) is 0 Å². The summed E-state index contributed by atoms with van der Waals surface area (Å²) in [7, 11) is 2.81. The Morgan fingerprint density at radius 1 is 0.923 bits per heavy atom. The van der Waals surface area contributed by atoms with Crippen molar-refractivity contribution in [3.63, 3.8) is 0 Å². The monoisotopic (exact) mass is 361 g/mol. The van der Waals surface area contributed by atoms with Gasteiger partial charge in [-0.1, -0.05) is 18.2 Å². The highest BCUT2D eigenvalue weighted by Gasteiger charge is 2.19. The van der Waals surface area contributed by atoms with Crippen molar-refractivity contribution in [1.29, 1.82) is 0 Å². The second-order valence-electron chi connectivity index (χ2n) is 5.41. The number of nitro benzene ring substituents is 2. The van der Waals surface area contributed by atoms with Crippen LogP contribution in [0.25, 0.3) is 0 Å². The number of ether oxygens (including phenoxy) is 2. The molecule has 138 valence electrons. The third-order valence-electron chi connectivity index (χ3n) is 3.85. The molecule has 0 unspecified atom stereocenters. The van der Waals surface area contributed by atoms with E-state index in [0.717, 1.165) is 5.56 Å². The van der Waals surface area contributed by atoms with E-state index in [9.17, 15) is 20.2 Å². The molecule has 0 saturated carbocycles. The van der Waals surface area contributed by atoms with Gasteiger partial charge in [-0.2, -0.15) is 0 Å². The van der Waals surface area contributed by atoms with E-state index >= 15 is 0 Å². The van der Waals surface area contributed by atoms with E-state index in [1.54, 1.807) is 24.3 Å². The molecule has 0 atom stereocenters. The molecule has 0 spiro atoms. The first-order valence-corrected chi connectivity index (χ1v) is 7.80. The molecule has 26 heavy (non-hydrogen) atoms. The highest BCUT2D eigenvalue weighted by molar-refractivity contribution is 5.55. The summed E-state index contributed by atoms with van der Waals surface area (Å²) in [4.78, 5) is 21.1. The third kappa shape index (κ3) is 4.45. The van der Waals surface area contributed by atoms with Crippen molar-refractivity contribution in [2.45, 2.75) is 13.0 Å². The molecule has 0 aliphatic heterocycles. The van der Waals surface area contributed by atoms with E-state index < -0.39 is 9.85 Å². The topological polar surface area (TPSA) is 117 Å². The van der Waals surface area contributed by atoms with E-state index in [1.165, 1.54) is 26.4 Å². The molecule has 0 heterocycles. The Labute approximate surface area is 149 Å². The fourth-order valence-electron chi connectivity index (χ4n) is 2.57. The van der Waals surface area contributed by atoms with Crippen LogP contribution in [0.15, 0.2) is 36.4 Å². The number of methoxy groups -OCH3 is 2. The van der Waals surface area contributed by atoms with Gasteiger partial charge >= 0.3 is 5.69 Å². The first-order valence-electron chi connectivity index (χ1n) is 7.80. The fourth-order valence-corrected chi connectivity index (χ4v) is 2.57. The van der Waals surface area contributed by atoms with Crippen LogP contribution in [-0.2, 0) is 13.0 Å². The van der Waals surface area contributed by atoms with Crippen molar-refractivity contribution in [2.24, 2.45) is 0 Å². The van der Waals surface area contributed by atoms with Crippen LogP contribution < -0.4 is 14.8 Å². The van der Waals surface area contributed by atoms with E-state index in [0.29, 0.717) is 30.8 Å². The average Bonchev–Trinajstić information content (AvgIpc) is 2.64. The molecule has 0 aromatic heterocycles. The maximum Gasteiger partial charge on any atom is 0.314 e. The van der Waals surface area contributed by atoms with Crippen LogP contribution in [-0.4, -0.2) is 30.6 Å².